The van der Waals surface area contributed by atoms with Crippen LogP contribution in [0.3, 0.4) is 0 Å². The van der Waals surface area contributed by atoms with E-state index in [1.165, 1.54) is 0 Å². The lowest BCUT2D eigenvalue weighted by Gasteiger charge is -2.36. The molecule has 0 saturated carbocycles. The molecule has 0 bridgehead atoms. The molecule has 1 aliphatic rings. The third-order valence-electron chi connectivity index (χ3n) is 4.98. The zero-order valence-corrected chi connectivity index (χ0v) is 15.4. The van der Waals surface area contributed by atoms with E-state index >= 15 is 0 Å². The third kappa shape index (κ3) is 3.18. The van der Waals surface area contributed by atoms with Gasteiger partial charge in [0.2, 0.25) is 5.91 Å². The summed E-state index contributed by atoms with van der Waals surface area (Å²) in [6.07, 6.45) is 1.43. The Labute approximate surface area is 153 Å². The highest BCUT2D eigenvalue weighted by Gasteiger charge is 2.40. The van der Waals surface area contributed by atoms with Gasteiger partial charge in [0.05, 0.1) is 5.54 Å². The molecule has 1 amide bonds. The molecule has 4 heteroatoms. The van der Waals surface area contributed by atoms with Crippen LogP contribution in [0.25, 0.3) is 0 Å². The van der Waals surface area contributed by atoms with Gasteiger partial charge in [-0.25, -0.2) is 0 Å². The van der Waals surface area contributed by atoms with Crippen molar-refractivity contribution in [3.8, 4) is 0 Å². The molecule has 1 unspecified atom stereocenters. The highest BCUT2D eigenvalue weighted by molar-refractivity contribution is 6.36. The summed E-state index contributed by atoms with van der Waals surface area (Å²) in [6, 6.07) is 15.7. The molecule has 1 heterocycles. The van der Waals surface area contributed by atoms with Gasteiger partial charge in [0, 0.05) is 22.5 Å². The molecular formula is C20H21Cl2NO. The van der Waals surface area contributed by atoms with Gasteiger partial charge in [-0.2, -0.15) is 0 Å². The van der Waals surface area contributed by atoms with Gasteiger partial charge in [-0.05, 0) is 49.9 Å². The monoisotopic (exact) mass is 361 g/mol. The molecule has 0 spiro atoms. The van der Waals surface area contributed by atoms with Crippen molar-refractivity contribution >= 4 is 29.1 Å². The highest BCUT2D eigenvalue weighted by atomic mass is 35.5. The van der Waals surface area contributed by atoms with Gasteiger partial charge in [-0.3, -0.25) is 4.79 Å². The molecule has 0 aromatic heterocycles. The number of hydrogen-bond acceptors (Lipinski definition) is 1. The Morgan fingerprint density at radius 1 is 1.04 bits per heavy atom. The highest BCUT2D eigenvalue weighted by Crippen LogP contribution is 2.36. The second-order valence-corrected chi connectivity index (χ2v) is 7.62. The van der Waals surface area contributed by atoms with Gasteiger partial charge >= 0.3 is 0 Å². The first-order valence-corrected chi connectivity index (χ1v) is 8.96. The van der Waals surface area contributed by atoms with Crippen LogP contribution < -0.4 is 0 Å². The van der Waals surface area contributed by atoms with E-state index in [2.05, 4.69) is 26.0 Å². The summed E-state index contributed by atoms with van der Waals surface area (Å²) in [7, 11) is 0. The van der Waals surface area contributed by atoms with E-state index in [4.69, 9.17) is 23.2 Å². The van der Waals surface area contributed by atoms with E-state index < -0.39 is 0 Å². The lowest BCUT2D eigenvalue weighted by atomic mass is 9.92. The van der Waals surface area contributed by atoms with E-state index in [1.54, 1.807) is 0 Å². The van der Waals surface area contributed by atoms with Crippen LogP contribution in [0.2, 0.25) is 10.0 Å². The number of carbonyl (C=O) groups excluding carboxylic acids is 1. The summed E-state index contributed by atoms with van der Waals surface area (Å²) in [5, 5.41) is 1.27. The Balaban J connectivity index is 1.80. The van der Waals surface area contributed by atoms with Crippen molar-refractivity contribution in [2.24, 2.45) is 5.92 Å². The third-order valence-corrected chi connectivity index (χ3v) is 5.69. The van der Waals surface area contributed by atoms with Crippen LogP contribution in [0.1, 0.15) is 31.4 Å². The Morgan fingerprint density at radius 3 is 2.29 bits per heavy atom. The van der Waals surface area contributed by atoms with Gasteiger partial charge in [-0.15, -0.1) is 0 Å². The van der Waals surface area contributed by atoms with Crippen molar-refractivity contribution in [1.82, 2.24) is 4.90 Å². The summed E-state index contributed by atoms with van der Waals surface area (Å²) in [6.45, 7) is 4.96. The zero-order valence-electron chi connectivity index (χ0n) is 13.9. The Kier molecular flexibility index (Phi) is 4.89. The number of hydrogen-bond donors (Lipinski definition) is 0. The lowest BCUT2D eigenvalue weighted by molar-refractivity contribution is -0.135. The molecule has 1 saturated heterocycles. The predicted octanol–water partition coefficient (Wildman–Crippen LogP) is 5.32. The first-order chi connectivity index (χ1) is 11.4. The van der Waals surface area contributed by atoms with Crippen molar-refractivity contribution in [2.45, 2.75) is 32.2 Å². The average Bonchev–Trinajstić information content (AvgIpc) is 2.93. The van der Waals surface area contributed by atoms with Crippen molar-refractivity contribution in [3.05, 3.63) is 69.7 Å². The minimum absolute atomic E-state index is 0.0645. The summed E-state index contributed by atoms with van der Waals surface area (Å²) >= 11 is 12.5. The van der Waals surface area contributed by atoms with Gasteiger partial charge in [0.15, 0.2) is 0 Å². The first kappa shape index (κ1) is 17.3. The van der Waals surface area contributed by atoms with E-state index in [-0.39, 0.29) is 17.4 Å². The maximum Gasteiger partial charge on any atom is 0.226 e. The van der Waals surface area contributed by atoms with Crippen LogP contribution in [0, 0.1) is 5.92 Å². The number of carbonyl (C=O) groups is 1. The van der Waals surface area contributed by atoms with Gasteiger partial charge in [0.25, 0.3) is 0 Å². The minimum atomic E-state index is -0.322. The van der Waals surface area contributed by atoms with E-state index in [0.29, 0.717) is 16.5 Å². The minimum Gasteiger partial charge on any atom is -0.333 e. The van der Waals surface area contributed by atoms with Crippen molar-refractivity contribution in [2.75, 3.05) is 6.54 Å². The average molecular weight is 362 g/mol. The fourth-order valence-corrected chi connectivity index (χ4v) is 4.01. The zero-order chi connectivity index (χ0) is 17.3. The summed E-state index contributed by atoms with van der Waals surface area (Å²) in [4.78, 5) is 15.0. The van der Waals surface area contributed by atoms with E-state index in [0.717, 1.165) is 24.1 Å². The van der Waals surface area contributed by atoms with Crippen molar-refractivity contribution < 1.29 is 4.79 Å². The van der Waals surface area contributed by atoms with Crippen LogP contribution in [-0.2, 0) is 16.8 Å². The number of benzene rings is 2. The summed E-state index contributed by atoms with van der Waals surface area (Å²) in [5.74, 6) is 0.116. The van der Waals surface area contributed by atoms with Crippen LogP contribution >= 0.6 is 23.2 Å². The van der Waals surface area contributed by atoms with E-state index in [1.807, 2.05) is 41.3 Å². The van der Waals surface area contributed by atoms with E-state index in [9.17, 15) is 4.79 Å². The number of halogens is 2. The van der Waals surface area contributed by atoms with Crippen LogP contribution in [0.4, 0.5) is 0 Å². The molecule has 2 nitrogen and oxygen atoms in total. The smallest absolute Gasteiger partial charge is 0.226 e. The van der Waals surface area contributed by atoms with Crippen LogP contribution in [0.5, 0.6) is 0 Å². The number of amides is 1. The van der Waals surface area contributed by atoms with Gasteiger partial charge < -0.3 is 4.90 Å². The number of rotatable bonds is 4. The van der Waals surface area contributed by atoms with Crippen molar-refractivity contribution in [3.63, 3.8) is 0 Å². The molecule has 1 aliphatic heterocycles. The molecule has 1 fully saturated rings. The quantitative estimate of drug-likeness (QED) is 0.721. The molecule has 126 valence electrons. The molecule has 0 aliphatic carbocycles. The summed E-state index contributed by atoms with van der Waals surface area (Å²) in [5.41, 5.74) is 1.70. The normalized spacial score (nSPS) is 18.2. The topological polar surface area (TPSA) is 20.3 Å². The first-order valence-electron chi connectivity index (χ1n) is 8.21. The van der Waals surface area contributed by atoms with Crippen molar-refractivity contribution in [1.29, 1.82) is 0 Å². The molecule has 1 atom stereocenters. The maximum atomic E-state index is 13.0. The van der Waals surface area contributed by atoms with Gasteiger partial charge in [-0.1, -0.05) is 59.6 Å². The van der Waals surface area contributed by atoms with Crippen LogP contribution in [0.15, 0.2) is 48.5 Å². The maximum absolute atomic E-state index is 13.0. The molecule has 2 aromatic rings. The van der Waals surface area contributed by atoms with Gasteiger partial charge in [0.1, 0.15) is 0 Å². The lowest BCUT2D eigenvalue weighted by Crippen LogP contribution is -2.43. The molecule has 3 rings (SSSR count). The Hall–Kier alpha value is -1.51. The predicted molar refractivity (Wildman–Crippen MR) is 99.5 cm³/mol. The molecule has 0 radical (unpaired) electrons. The van der Waals surface area contributed by atoms with Crippen LogP contribution in [-0.4, -0.2) is 17.4 Å². The SMILES string of the molecule is CC(C)(c1ccccc1)N1CCC(Cc2c(Cl)cccc2Cl)C1=O. The Bertz CT molecular complexity index is 722. The fourth-order valence-electron chi connectivity index (χ4n) is 3.46. The second-order valence-electron chi connectivity index (χ2n) is 6.80. The fraction of sp³-hybridized carbons (Fsp3) is 0.350. The largest absolute Gasteiger partial charge is 0.333 e. The molecule has 24 heavy (non-hydrogen) atoms. The Morgan fingerprint density at radius 2 is 1.67 bits per heavy atom. The molecule has 2 aromatic carbocycles. The number of nitrogens with zero attached hydrogens (tertiary/aromatic N) is 1. The molecular weight excluding hydrogens is 341 g/mol. The standard InChI is InChI=1S/C20H21Cl2NO/c1-20(2,15-7-4-3-5-8-15)23-12-11-14(19(23)24)13-16-17(21)9-6-10-18(16)22/h3-10,14H,11-13H2,1-2H3. The molecule has 0 N–H and O–H groups in total. The summed E-state index contributed by atoms with van der Waals surface area (Å²) < 4.78 is 0. The second kappa shape index (κ2) is 6.78. The number of likely N-dealkylation sites (tertiary alicyclic amines) is 1.